The van der Waals surface area contributed by atoms with Gasteiger partial charge in [0.1, 0.15) is 22.1 Å². The Morgan fingerprint density at radius 3 is 2.92 bits per heavy atom. The van der Waals surface area contributed by atoms with Crippen molar-refractivity contribution in [1.29, 1.82) is 0 Å². The smallest absolute Gasteiger partial charge is 0.223 e. The van der Waals surface area contributed by atoms with Crippen LogP contribution in [-0.4, -0.2) is 42.9 Å². The van der Waals surface area contributed by atoms with Crippen LogP contribution in [0.3, 0.4) is 0 Å². The fourth-order valence-corrected chi connectivity index (χ4v) is 6.01. The summed E-state index contributed by atoms with van der Waals surface area (Å²) in [5.74, 6) is 0.374. The summed E-state index contributed by atoms with van der Waals surface area (Å²) in [5.41, 5.74) is 1.43. The second-order valence-electron chi connectivity index (χ2n) is 9.87. The first kappa shape index (κ1) is 23.4. The highest BCUT2D eigenvalue weighted by Crippen LogP contribution is 2.34. The van der Waals surface area contributed by atoms with Crippen LogP contribution in [0.4, 0.5) is 8.78 Å². The van der Waals surface area contributed by atoms with Gasteiger partial charge in [-0.2, -0.15) is 5.10 Å². The van der Waals surface area contributed by atoms with Crippen molar-refractivity contribution < 1.29 is 13.6 Å². The first-order chi connectivity index (χ1) is 17.5. The van der Waals surface area contributed by atoms with E-state index < -0.39 is 12.0 Å². The summed E-state index contributed by atoms with van der Waals surface area (Å²) in [7, 11) is 0. The molecule has 3 aromatic heterocycles. The van der Waals surface area contributed by atoms with E-state index in [1.165, 1.54) is 6.07 Å². The molecule has 7 nitrogen and oxygen atoms in total. The van der Waals surface area contributed by atoms with Gasteiger partial charge in [0.25, 0.3) is 0 Å². The summed E-state index contributed by atoms with van der Waals surface area (Å²) in [5, 5.41) is 8.86. The molecule has 36 heavy (non-hydrogen) atoms. The Bertz CT molecular complexity index is 1460. The van der Waals surface area contributed by atoms with Gasteiger partial charge in [-0.15, -0.1) is 0 Å². The van der Waals surface area contributed by atoms with E-state index in [2.05, 4.69) is 36.3 Å². The average Bonchev–Trinajstić information content (AvgIpc) is 3.59. The predicted molar refractivity (Wildman–Crippen MR) is 135 cm³/mol. The SMILES string of the molecule is O=C(N[C@@H]1CCC[C@H]1F)[C@@H]1CC[C@@H](Cc2ncc3c(Br)nn(-c4cc(F)c5ncccc5c4)c3n2)C1. The minimum absolute atomic E-state index is 0.0294. The van der Waals surface area contributed by atoms with Crippen LogP contribution in [0, 0.1) is 17.7 Å². The Hall–Kier alpha value is -3.01. The summed E-state index contributed by atoms with van der Waals surface area (Å²) >= 11 is 3.47. The number of nitrogens with zero attached hydrogens (tertiary/aromatic N) is 5. The molecule has 4 aromatic rings. The molecule has 10 heteroatoms. The van der Waals surface area contributed by atoms with Crippen LogP contribution in [0.25, 0.3) is 27.6 Å². The number of halogens is 3. The molecule has 1 aromatic carbocycles. The highest BCUT2D eigenvalue weighted by Gasteiger charge is 2.34. The van der Waals surface area contributed by atoms with Gasteiger partial charge in [0.05, 0.1) is 17.1 Å². The predicted octanol–water partition coefficient (Wildman–Crippen LogP) is 5.23. The molecule has 1 N–H and O–H groups in total. The maximum atomic E-state index is 14.7. The molecule has 3 heterocycles. The Morgan fingerprint density at radius 2 is 2.08 bits per heavy atom. The lowest BCUT2D eigenvalue weighted by molar-refractivity contribution is -0.126. The number of nitrogens with one attached hydrogen (secondary N) is 1. The van der Waals surface area contributed by atoms with Crippen LogP contribution < -0.4 is 5.32 Å². The van der Waals surface area contributed by atoms with Crippen LogP contribution in [0.15, 0.2) is 41.3 Å². The molecule has 2 saturated carbocycles. The molecule has 0 saturated heterocycles. The molecule has 0 bridgehead atoms. The van der Waals surface area contributed by atoms with E-state index in [9.17, 15) is 13.6 Å². The van der Waals surface area contributed by atoms with E-state index in [-0.39, 0.29) is 23.8 Å². The Morgan fingerprint density at radius 1 is 1.19 bits per heavy atom. The van der Waals surface area contributed by atoms with Crippen LogP contribution in [-0.2, 0) is 11.2 Å². The molecule has 4 atom stereocenters. The van der Waals surface area contributed by atoms with Crippen molar-refractivity contribution in [2.45, 2.75) is 57.2 Å². The number of carbonyl (C=O) groups is 1. The number of fused-ring (bicyclic) bond motifs is 2. The molecule has 2 aliphatic carbocycles. The topological polar surface area (TPSA) is 85.6 Å². The molecule has 0 spiro atoms. The molecule has 2 fully saturated rings. The molecule has 1 amide bonds. The first-order valence-electron chi connectivity index (χ1n) is 12.4. The van der Waals surface area contributed by atoms with Gasteiger partial charge in [0, 0.05) is 36.2 Å². The minimum Gasteiger partial charge on any atom is -0.350 e. The fraction of sp³-hybridized carbons (Fsp3) is 0.423. The first-order valence-corrected chi connectivity index (χ1v) is 13.1. The van der Waals surface area contributed by atoms with Crippen molar-refractivity contribution in [3.05, 3.63) is 52.9 Å². The van der Waals surface area contributed by atoms with Gasteiger partial charge in [0.15, 0.2) is 11.5 Å². The van der Waals surface area contributed by atoms with E-state index in [1.54, 1.807) is 23.1 Å². The lowest BCUT2D eigenvalue weighted by Crippen LogP contribution is -2.41. The molecular weight excluding hydrogens is 530 g/mol. The van der Waals surface area contributed by atoms with Crippen LogP contribution in [0.2, 0.25) is 0 Å². The molecule has 6 rings (SSSR count). The zero-order valence-electron chi connectivity index (χ0n) is 19.5. The van der Waals surface area contributed by atoms with E-state index in [0.717, 1.165) is 37.5 Å². The number of carbonyl (C=O) groups excluding carboxylic acids is 1. The van der Waals surface area contributed by atoms with Crippen molar-refractivity contribution in [3.8, 4) is 5.69 Å². The standard InChI is InChI=1S/C26H25BrF2N6O/c27-24-18-13-31-22(10-14-6-7-16(9-14)26(36)32-21-5-1-4-19(21)28)33-25(18)35(34-24)17-11-15-3-2-8-30-23(15)20(29)12-17/h2-3,8,11-14,16,19,21H,1,4-7,9-10H2,(H,32,36)/t14-,16-,19-,21-/m1/s1. The van der Waals surface area contributed by atoms with E-state index in [0.29, 0.717) is 45.5 Å². The van der Waals surface area contributed by atoms with E-state index >= 15 is 0 Å². The second-order valence-corrected chi connectivity index (χ2v) is 10.6. The number of benzene rings is 1. The molecule has 0 aliphatic heterocycles. The van der Waals surface area contributed by atoms with Crippen LogP contribution in [0.1, 0.15) is 44.3 Å². The molecule has 186 valence electrons. The van der Waals surface area contributed by atoms with Crippen molar-refractivity contribution in [1.82, 2.24) is 30.0 Å². The molecule has 0 radical (unpaired) electrons. The van der Waals surface area contributed by atoms with Crippen molar-refractivity contribution in [2.75, 3.05) is 0 Å². The molecule has 2 aliphatic rings. The maximum absolute atomic E-state index is 14.7. The number of amides is 1. The number of rotatable bonds is 5. The monoisotopic (exact) mass is 554 g/mol. The third kappa shape index (κ3) is 4.36. The average molecular weight is 555 g/mol. The van der Waals surface area contributed by atoms with Crippen LogP contribution in [0.5, 0.6) is 0 Å². The number of hydrogen-bond donors (Lipinski definition) is 1. The lowest BCUT2D eigenvalue weighted by atomic mass is 10.0. The van der Waals surface area contributed by atoms with Crippen molar-refractivity contribution >= 4 is 43.8 Å². The van der Waals surface area contributed by atoms with Gasteiger partial charge in [-0.1, -0.05) is 6.07 Å². The number of aromatic nitrogens is 5. The highest BCUT2D eigenvalue weighted by molar-refractivity contribution is 9.10. The van der Waals surface area contributed by atoms with E-state index in [4.69, 9.17) is 4.98 Å². The number of pyridine rings is 1. The third-order valence-corrected chi connectivity index (χ3v) is 8.05. The molecular formula is C26H25BrF2N6O. The van der Waals surface area contributed by atoms with Gasteiger partial charge in [-0.05, 0) is 72.5 Å². The zero-order chi connectivity index (χ0) is 24.8. The van der Waals surface area contributed by atoms with Gasteiger partial charge < -0.3 is 5.32 Å². The largest absolute Gasteiger partial charge is 0.350 e. The quantitative estimate of drug-likeness (QED) is 0.365. The van der Waals surface area contributed by atoms with Gasteiger partial charge in [0.2, 0.25) is 5.91 Å². The van der Waals surface area contributed by atoms with Crippen molar-refractivity contribution in [3.63, 3.8) is 0 Å². The van der Waals surface area contributed by atoms with Gasteiger partial charge >= 0.3 is 0 Å². The summed E-state index contributed by atoms with van der Waals surface area (Å²) in [4.78, 5) is 26.1. The summed E-state index contributed by atoms with van der Waals surface area (Å²) in [6.07, 6.45) is 7.50. The second kappa shape index (κ2) is 9.46. The normalized spacial score (nSPS) is 24.1. The summed E-state index contributed by atoms with van der Waals surface area (Å²) in [6.45, 7) is 0. The number of hydrogen-bond acceptors (Lipinski definition) is 5. The van der Waals surface area contributed by atoms with Crippen LogP contribution >= 0.6 is 15.9 Å². The zero-order valence-corrected chi connectivity index (χ0v) is 21.1. The lowest BCUT2D eigenvalue weighted by Gasteiger charge is -2.18. The highest BCUT2D eigenvalue weighted by atomic mass is 79.9. The number of alkyl halides is 1. The third-order valence-electron chi connectivity index (χ3n) is 7.46. The van der Waals surface area contributed by atoms with E-state index in [1.807, 2.05) is 12.1 Å². The minimum atomic E-state index is -0.928. The maximum Gasteiger partial charge on any atom is 0.223 e. The summed E-state index contributed by atoms with van der Waals surface area (Å²) in [6, 6.07) is 6.48. The molecule has 0 unspecified atom stereocenters. The van der Waals surface area contributed by atoms with Crippen molar-refractivity contribution in [2.24, 2.45) is 11.8 Å². The Balaban J connectivity index is 1.22. The van der Waals surface area contributed by atoms with Gasteiger partial charge in [-0.25, -0.2) is 23.4 Å². The Labute approximate surface area is 214 Å². The van der Waals surface area contributed by atoms with Gasteiger partial charge in [-0.3, -0.25) is 9.78 Å². The fourth-order valence-electron chi connectivity index (χ4n) is 5.57. The Kier molecular flexibility index (Phi) is 6.15. The summed E-state index contributed by atoms with van der Waals surface area (Å²) < 4.78 is 30.8.